The molecule has 140 valence electrons. The number of benzene rings is 2. The summed E-state index contributed by atoms with van der Waals surface area (Å²) in [4.78, 5) is 0. The second-order valence-electron chi connectivity index (χ2n) is 5.70. The molecule has 6 nitrogen and oxygen atoms in total. The number of hydrogen-bond acceptors (Lipinski definition) is 4. The van der Waals surface area contributed by atoms with Gasteiger partial charge in [0.1, 0.15) is 17.3 Å². The zero-order chi connectivity index (χ0) is 19.2. The summed E-state index contributed by atoms with van der Waals surface area (Å²) < 4.78 is 25.5. The van der Waals surface area contributed by atoms with Crippen LogP contribution < -0.4 is 20.1 Å². The Morgan fingerprint density at radius 2 is 2.00 bits per heavy atom. The van der Waals surface area contributed by atoms with Gasteiger partial charge in [0.2, 0.25) is 0 Å². The molecule has 1 aromatic heterocycles. The van der Waals surface area contributed by atoms with Crippen LogP contribution in [0.1, 0.15) is 5.56 Å². The Kier molecular flexibility index (Phi) is 5.87. The van der Waals surface area contributed by atoms with E-state index >= 15 is 0 Å². The minimum Gasteiger partial charge on any atom is -0.497 e. The van der Waals surface area contributed by atoms with E-state index in [9.17, 15) is 4.39 Å². The average Bonchev–Trinajstić information content (AvgIpc) is 3.08. The van der Waals surface area contributed by atoms with E-state index in [1.54, 1.807) is 43.4 Å². The average molecular weight is 386 g/mol. The zero-order valence-corrected chi connectivity index (χ0v) is 15.7. The first-order chi connectivity index (χ1) is 13.1. The fraction of sp³-hybridized carbons (Fsp3) is 0.158. The normalized spacial score (nSPS) is 10.3. The maximum Gasteiger partial charge on any atom is 0.175 e. The van der Waals surface area contributed by atoms with Crippen molar-refractivity contribution in [2.45, 2.75) is 6.54 Å². The molecule has 2 N–H and O–H groups in total. The van der Waals surface area contributed by atoms with E-state index in [1.165, 1.54) is 12.1 Å². The highest BCUT2D eigenvalue weighted by Crippen LogP contribution is 2.29. The van der Waals surface area contributed by atoms with Gasteiger partial charge in [-0.2, -0.15) is 5.10 Å². The molecule has 8 heteroatoms. The van der Waals surface area contributed by atoms with Gasteiger partial charge in [0.15, 0.2) is 5.11 Å². The minimum absolute atomic E-state index is 0.267. The zero-order valence-electron chi connectivity index (χ0n) is 14.9. The molecule has 0 saturated heterocycles. The van der Waals surface area contributed by atoms with Crippen molar-refractivity contribution in [2.24, 2.45) is 0 Å². The molecular weight excluding hydrogens is 367 g/mol. The second kappa shape index (κ2) is 8.50. The first-order valence-corrected chi connectivity index (χ1v) is 8.55. The maximum absolute atomic E-state index is 13.3. The lowest BCUT2D eigenvalue weighted by Gasteiger charge is -2.13. The summed E-state index contributed by atoms with van der Waals surface area (Å²) in [6.07, 6.45) is 3.45. The van der Waals surface area contributed by atoms with Crippen LogP contribution in [-0.4, -0.2) is 29.1 Å². The molecule has 0 aliphatic rings. The summed E-state index contributed by atoms with van der Waals surface area (Å²) in [6, 6.07) is 11.8. The number of nitrogens with one attached hydrogen (secondary N) is 2. The first kappa shape index (κ1) is 18.7. The number of ether oxygens (including phenoxy) is 2. The summed E-state index contributed by atoms with van der Waals surface area (Å²) in [5.74, 6) is 1.03. The predicted octanol–water partition coefficient (Wildman–Crippen LogP) is 3.90. The summed E-state index contributed by atoms with van der Waals surface area (Å²) in [7, 11) is 3.17. The van der Waals surface area contributed by atoms with Gasteiger partial charge in [0.05, 0.1) is 38.3 Å². The number of aromatic nitrogens is 2. The van der Waals surface area contributed by atoms with Gasteiger partial charge in [-0.05, 0) is 42.0 Å². The van der Waals surface area contributed by atoms with Crippen LogP contribution in [0.15, 0.2) is 54.9 Å². The molecule has 2 aromatic carbocycles. The third-order valence-electron chi connectivity index (χ3n) is 3.78. The molecule has 0 aliphatic carbocycles. The second-order valence-corrected chi connectivity index (χ2v) is 6.11. The van der Waals surface area contributed by atoms with Crippen molar-refractivity contribution in [1.82, 2.24) is 9.78 Å². The Labute approximate surface area is 161 Å². The van der Waals surface area contributed by atoms with E-state index in [2.05, 4.69) is 15.7 Å². The first-order valence-electron chi connectivity index (χ1n) is 8.14. The number of methoxy groups -OCH3 is 2. The highest BCUT2D eigenvalue weighted by molar-refractivity contribution is 7.80. The SMILES string of the molecule is COc1ccc(NC(=S)Nc2cnn(Cc3cccc(F)c3)c2)c(OC)c1. The van der Waals surface area contributed by atoms with Crippen molar-refractivity contribution in [3.63, 3.8) is 0 Å². The minimum atomic E-state index is -0.267. The van der Waals surface area contributed by atoms with Crippen LogP contribution in [-0.2, 0) is 6.54 Å². The van der Waals surface area contributed by atoms with Crippen molar-refractivity contribution in [3.05, 3.63) is 66.2 Å². The standard InChI is InChI=1S/C19H19FN4O2S/c1-25-16-6-7-17(18(9-16)26-2)23-19(27)22-15-10-21-24(12-15)11-13-4-3-5-14(20)8-13/h3-10,12H,11H2,1-2H3,(H2,22,23,27). The van der Waals surface area contributed by atoms with Gasteiger partial charge in [-0.3, -0.25) is 4.68 Å². The number of anilines is 2. The molecule has 27 heavy (non-hydrogen) atoms. The van der Waals surface area contributed by atoms with Crippen LogP contribution in [0.2, 0.25) is 0 Å². The molecule has 3 aromatic rings. The van der Waals surface area contributed by atoms with Crippen molar-refractivity contribution >= 4 is 28.7 Å². The van der Waals surface area contributed by atoms with Crippen molar-refractivity contribution in [1.29, 1.82) is 0 Å². The number of rotatable bonds is 6. The molecule has 0 atom stereocenters. The molecule has 0 aliphatic heterocycles. The molecule has 0 bridgehead atoms. The van der Waals surface area contributed by atoms with Crippen molar-refractivity contribution in [2.75, 3.05) is 24.9 Å². The highest BCUT2D eigenvalue weighted by Gasteiger charge is 2.08. The van der Waals surface area contributed by atoms with Crippen LogP contribution in [0, 0.1) is 5.82 Å². The lowest BCUT2D eigenvalue weighted by molar-refractivity contribution is 0.395. The predicted molar refractivity (Wildman–Crippen MR) is 107 cm³/mol. The summed E-state index contributed by atoms with van der Waals surface area (Å²) in [6.45, 7) is 0.464. The Balaban J connectivity index is 1.63. The van der Waals surface area contributed by atoms with E-state index in [1.807, 2.05) is 18.2 Å². The van der Waals surface area contributed by atoms with E-state index in [0.717, 1.165) is 11.3 Å². The van der Waals surface area contributed by atoms with Gasteiger partial charge in [-0.1, -0.05) is 12.1 Å². The molecule has 0 amide bonds. The molecule has 0 spiro atoms. The fourth-order valence-corrected chi connectivity index (χ4v) is 2.75. The van der Waals surface area contributed by atoms with Gasteiger partial charge in [0, 0.05) is 12.3 Å². The lowest BCUT2D eigenvalue weighted by Crippen LogP contribution is -2.19. The van der Waals surface area contributed by atoms with E-state index < -0.39 is 0 Å². The van der Waals surface area contributed by atoms with Crippen LogP contribution in [0.5, 0.6) is 11.5 Å². The maximum atomic E-state index is 13.3. The molecule has 0 radical (unpaired) electrons. The van der Waals surface area contributed by atoms with Crippen LogP contribution in [0.4, 0.5) is 15.8 Å². The molecule has 0 saturated carbocycles. The molecule has 0 unspecified atom stereocenters. The smallest absolute Gasteiger partial charge is 0.175 e. The molecular formula is C19H19FN4O2S. The number of halogens is 1. The topological polar surface area (TPSA) is 60.3 Å². The number of hydrogen-bond donors (Lipinski definition) is 2. The molecule has 1 heterocycles. The monoisotopic (exact) mass is 386 g/mol. The van der Waals surface area contributed by atoms with Crippen LogP contribution in [0.3, 0.4) is 0 Å². The number of nitrogens with zero attached hydrogens (tertiary/aromatic N) is 2. The lowest BCUT2D eigenvalue weighted by atomic mass is 10.2. The van der Waals surface area contributed by atoms with E-state index in [4.69, 9.17) is 21.7 Å². The Hall–Kier alpha value is -3.13. The van der Waals surface area contributed by atoms with Crippen molar-refractivity contribution < 1.29 is 13.9 Å². The summed E-state index contributed by atoms with van der Waals surface area (Å²) in [5.41, 5.74) is 2.26. The highest BCUT2D eigenvalue weighted by atomic mass is 32.1. The Bertz CT molecular complexity index is 945. The van der Waals surface area contributed by atoms with Gasteiger partial charge >= 0.3 is 0 Å². The third kappa shape index (κ3) is 4.95. The summed E-state index contributed by atoms with van der Waals surface area (Å²) in [5, 5.41) is 10.8. The van der Waals surface area contributed by atoms with Crippen LogP contribution in [0.25, 0.3) is 0 Å². The Morgan fingerprint density at radius 3 is 2.74 bits per heavy atom. The van der Waals surface area contributed by atoms with E-state index in [0.29, 0.717) is 28.8 Å². The number of thiocarbonyl (C=S) groups is 1. The quantitative estimate of drug-likeness (QED) is 0.627. The van der Waals surface area contributed by atoms with Crippen molar-refractivity contribution in [3.8, 4) is 11.5 Å². The van der Waals surface area contributed by atoms with Gasteiger partial charge in [-0.15, -0.1) is 0 Å². The van der Waals surface area contributed by atoms with Crippen LogP contribution >= 0.6 is 12.2 Å². The molecule has 3 rings (SSSR count). The largest absolute Gasteiger partial charge is 0.497 e. The van der Waals surface area contributed by atoms with Gasteiger partial charge < -0.3 is 20.1 Å². The van der Waals surface area contributed by atoms with Gasteiger partial charge in [0.25, 0.3) is 0 Å². The molecule has 0 fully saturated rings. The van der Waals surface area contributed by atoms with E-state index in [-0.39, 0.29) is 5.82 Å². The van der Waals surface area contributed by atoms with Gasteiger partial charge in [-0.25, -0.2) is 4.39 Å². The third-order valence-corrected chi connectivity index (χ3v) is 3.99. The summed E-state index contributed by atoms with van der Waals surface area (Å²) >= 11 is 5.35. The fourth-order valence-electron chi connectivity index (χ4n) is 2.52. The Morgan fingerprint density at radius 1 is 1.15 bits per heavy atom.